The second kappa shape index (κ2) is 9.23. The molecule has 1 aliphatic heterocycles. The molecule has 0 bridgehead atoms. The second-order valence-electron chi connectivity index (χ2n) is 6.70. The van der Waals surface area contributed by atoms with Gasteiger partial charge >= 0.3 is 5.97 Å². The first kappa shape index (κ1) is 20.4. The van der Waals surface area contributed by atoms with E-state index in [1.807, 2.05) is 42.5 Å². The number of carbonyl (C=O) groups is 2. The van der Waals surface area contributed by atoms with Crippen LogP contribution in [0.4, 0.5) is 0 Å². The maximum atomic E-state index is 12.8. The number of nitrogens with zero attached hydrogens (tertiary/aromatic N) is 2. The van der Waals surface area contributed by atoms with Gasteiger partial charge in [-0.05, 0) is 24.1 Å². The Morgan fingerprint density at radius 2 is 1.83 bits per heavy atom. The van der Waals surface area contributed by atoms with E-state index in [0.717, 1.165) is 16.8 Å². The van der Waals surface area contributed by atoms with Crippen molar-refractivity contribution in [2.24, 2.45) is 5.10 Å². The zero-order chi connectivity index (χ0) is 20.8. The van der Waals surface area contributed by atoms with Crippen LogP contribution in [0.25, 0.3) is 0 Å². The lowest BCUT2D eigenvalue weighted by Crippen LogP contribution is -2.26. The van der Waals surface area contributed by atoms with Gasteiger partial charge in [-0.3, -0.25) is 9.59 Å². The number of hydrogen-bond acceptors (Lipinski definition) is 5. The minimum absolute atomic E-state index is 0.0458. The summed E-state index contributed by atoms with van der Waals surface area (Å²) in [6.45, 7) is 0. The fourth-order valence-corrected chi connectivity index (χ4v) is 3.46. The van der Waals surface area contributed by atoms with Crippen molar-refractivity contribution < 1.29 is 24.2 Å². The Bertz CT molecular complexity index is 911. The molecule has 2 aromatic carbocycles. The molecule has 1 N–H and O–H groups in total. The van der Waals surface area contributed by atoms with Gasteiger partial charge in [0.05, 0.1) is 26.0 Å². The predicted octanol–water partition coefficient (Wildman–Crippen LogP) is 3.64. The number of rotatable bonds is 8. The number of hydrogen-bond donors (Lipinski definition) is 1. The van der Waals surface area contributed by atoms with Crippen LogP contribution >= 0.6 is 0 Å². The molecular weight excluding hydrogens is 372 g/mol. The lowest BCUT2D eigenvalue weighted by Gasteiger charge is -2.22. The molecule has 0 saturated heterocycles. The Kier molecular flexibility index (Phi) is 6.49. The van der Waals surface area contributed by atoms with Gasteiger partial charge in [-0.25, -0.2) is 5.01 Å². The first-order chi connectivity index (χ1) is 14.0. The van der Waals surface area contributed by atoms with Gasteiger partial charge < -0.3 is 14.6 Å². The average Bonchev–Trinajstić information content (AvgIpc) is 3.18. The monoisotopic (exact) mass is 396 g/mol. The van der Waals surface area contributed by atoms with E-state index in [4.69, 9.17) is 14.6 Å². The summed E-state index contributed by atoms with van der Waals surface area (Å²) < 4.78 is 10.9. The van der Waals surface area contributed by atoms with Crippen molar-refractivity contribution in [1.29, 1.82) is 0 Å². The van der Waals surface area contributed by atoms with Crippen molar-refractivity contribution in [3.63, 3.8) is 0 Å². The van der Waals surface area contributed by atoms with E-state index < -0.39 is 5.97 Å². The van der Waals surface area contributed by atoms with Gasteiger partial charge in [-0.1, -0.05) is 36.4 Å². The van der Waals surface area contributed by atoms with E-state index >= 15 is 0 Å². The van der Waals surface area contributed by atoms with Crippen molar-refractivity contribution in [2.75, 3.05) is 14.2 Å². The number of methoxy groups -OCH3 is 2. The highest BCUT2D eigenvalue weighted by Crippen LogP contribution is 2.38. The van der Waals surface area contributed by atoms with Crippen LogP contribution in [0.15, 0.2) is 53.6 Å². The number of carbonyl (C=O) groups excluding carboxylic acids is 1. The molecule has 2 aromatic rings. The second-order valence-corrected chi connectivity index (χ2v) is 6.70. The predicted molar refractivity (Wildman–Crippen MR) is 108 cm³/mol. The van der Waals surface area contributed by atoms with Gasteiger partial charge in [-0.15, -0.1) is 0 Å². The molecule has 0 aromatic heterocycles. The van der Waals surface area contributed by atoms with Crippen LogP contribution in [-0.2, 0) is 9.59 Å². The quantitative estimate of drug-likeness (QED) is 0.736. The molecule has 7 nitrogen and oxygen atoms in total. The SMILES string of the molecule is COc1cccc(C2=NN(C(=O)CCCC(=O)O)[C@H](c3ccccc3)C2)c1OC. The molecule has 0 radical (unpaired) electrons. The number of amides is 1. The third-order valence-corrected chi connectivity index (χ3v) is 4.85. The number of carboxylic acids is 1. The van der Waals surface area contributed by atoms with Gasteiger partial charge in [-0.2, -0.15) is 5.10 Å². The summed E-state index contributed by atoms with van der Waals surface area (Å²) in [4.78, 5) is 23.6. The third-order valence-electron chi connectivity index (χ3n) is 4.85. The molecule has 1 heterocycles. The maximum Gasteiger partial charge on any atom is 0.303 e. The minimum Gasteiger partial charge on any atom is -0.493 e. The Morgan fingerprint density at radius 3 is 2.48 bits per heavy atom. The Hall–Kier alpha value is -3.35. The molecule has 7 heteroatoms. The smallest absolute Gasteiger partial charge is 0.303 e. The first-order valence-electron chi connectivity index (χ1n) is 9.42. The Morgan fingerprint density at radius 1 is 1.07 bits per heavy atom. The summed E-state index contributed by atoms with van der Waals surface area (Å²) in [7, 11) is 3.14. The normalized spacial score (nSPS) is 15.7. The number of carboxylic acid groups (broad SMARTS) is 1. The largest absolute Gasteiger partial charge is 0.493 e. The molecule has 29 heavy (non-hydrogen) atoms. The molecule has 3 rings (SSSR count). The lowest BCUT2D eigenvalue weighted by atomic mass is 9.97. The number of para-hydroxylation sites is 1. The van der Waals surface area contributed by atoms with Crippen LogP contribution < -0.4 is 9.47 Å². The molecule has 0 fully saturated rings. The maximum absolute atomic E-state index is 12.8. The highest BCUT2D eigenvalue weighted by atomic mass is 16.5. The van der Waals surface area contributed by atoms with Crippen LogP contribution in [-0.4, -0.2) is 41.9 Å². The summed E-state index contributed by atoms with van der Waals surface area (Å²) in [5, 5.41) is 14.9. The Labute approximate surface area is 169 Å². The molecule has 0 aliphatic carbocycles. The van der Waals surface area contributed by atoms with Crippen LogP contribution in [0.3, 0.4) is 0 Å². The third kappa shape index (κ3) is 4.56. The molecule has 1 amide bonds. The van der Waals surface area contributed by atoms with Gasteiger partial charge in [0, 0.05) is 24.8 Å². The fourth-order valence-electron chi connectivity index (χ4n) is 3.46. The van der Waals surface area contributed by atoms with Gasteiger partial charge in [0.15, 0.2) is 11.5 Å². The van der Waals surface area contributed by atoms with Crippen molar-refractivity contribution >= 4 is 17.6 Å². The number of hydrazone groups is 1. The zero-order valence-corrected chi connectivity index (χ0v) is 16.5. The van der Waals surface area contributed by atoms with Crippen molar-refractivity contribution in [1.82, 2.24) is 5.01 Å². The standard InChI is InChI=1S/C22H24N2O5/c1-28-19-11-6-10-16(22(19)29-2)17-14-18(15-8-4-3-5-9-15)24(23-17)20(25)12-7-13-21(26)27/h3-6,8-11,18H,7,12-14H2,1-2H3,(H,26,27)/t18-/m0/s1. The Balaban J connectivity index is 1.93. The molecular formula is C22H24N2O5. The minimum atomic E-state index is -0.913. The van der Waals surface area contributed by atoms with Gasteiger partial charge in [0.1, 0.15) is 0 Å². The summed E-state index contributed by atoms with van der Waals surface area (Å²) in [6.07, 6.45) is 0.884. The summed E-state index contributed by atoms with van der Waals surface area (Å²) in [5.74, 6) is 0.0528. The number of ether oxygens (including phenoxy) is 2. The number of benzene rings is 2. The van der Waals surface area contributed by atoms with E-state index in [9.17, 15) is 9.59 Å². The van der Waals surface area contributed by atoms with Crippen LogP contribution in [0.1, 0.15) is 42.9 Å². The van der Waals surface area contributed by atoms with E-state index in [2.05, 4.69) is 5.10 Å². The molecule has 0 unspecified atom stereocenters. The van der Waals surface area contributed by atoms with Crippen LogP contribution in [0.5, 0.6) is 11.5 Å². The number of aliphatic carboxylic acids is 1. The highest BCUT2D eigenvalue weighted by Gasteiger charge is 2.34. The van der Waals surface area contributed by atoms with Gasteiger partial charge in [0.2, 0.25) is 5.91 Å². The topological polar surface area (TPSA) is 88.4 Å². The van der Waals surface area contributed by atoms with Crippen molar-refractivity contribution in [3.05, 3.63) is 59.7 Å². The van der Waals surface area contributed by atoms with Crippen molar-refractivity contribution in [3.8, 4) is 11.5 Å². The molecule has 152 valence electrons. The van der Waals surface area contributed by atoms with E-state index in [1.54, 1.807) is 20.3 Å². The fraction of sp³-hybridized carbons (Fsp3) is 0.318. The summed E-state index contributed by atoms with van der Waals surface area (Å²) in [6, 6.07) is 15.0. The highest BCUT2D eigenvalue weighted by molar-refractivity contribution is 6.05. The molecule has 0 saturated carbocycles. The van der Waals surface area contributed by atoms with Crippen molar-refractivity contribution in [2.45, 2.75) is 31.7 Å². The molecule has 1 atom stereocenters. The van der Waals surface area contributed by atoms with E-state index in [0.29, 0.717) is 17.9 Å². The summed E-state index contributed by atoms with van der Waals surface area (Å²) >= 11 is 0. The molecule has 1 aliphatic rings. The lowest BCUT2D eigenvalue weighted by molar-refractivity contribution is -0.137. The van der Waals surface area contributed by atoms with E-state index in [-0.39, 0.29) is 31.2 Å². The van der Waals surface area contributed by atoms with Crippen LogP contribution in [0.2, 0.25) is 0 Å². The molecule has 0 spiro atoms. The van der Waals surface area contributed by atoms with Gasteiger partial charge in [0.25, 0.3) is 0 Å². The zero-order valence-electron chi connectivity index (χ0n) is 16.5. The van der Waals surface area contributed by atoms with Crippen LogP contribution in [0, 0.1) is 0 Å². The van der Waals surface area contributed by atoms with E-state index in [1.165, 1.54) is 5.01 Å². The summed E-state index contributed by atoms with van der Waals surface area (Å²) in [5.41, 5.74) is 2.47. The first-order valence-corrected chi connectivity index (χ1v) is 9.42. The average molecular weight is 396 g/mol.